The minimum Gasteiger partial charge on any atom is -0.385 e. The average Bonchev–Trinajstić information content (AvgIpc) is 2.16. The molecule has 0 atom stereocenters. The molecule has 0 aliphatic heterocycles. The van der Waals surface area contributed by atoms with Crippen LogP contribution in [0.5, 0.6) is 0 Å². The number of aldehydes is 1. The van der Waals surface area contributed by atoms with E-state index in [2.05, 4.69) is 31.2 Å². The second-order valence-electron chi connectivity index (χ2n) is 2.19. The lowest BCUT2D eigenvalue weighted by atomic mass is 10.4. The summed E-state index contributed by atoms with van der Waals surface area (Å²) >= 11 is 3.28. The van der Waals surface area contributed by atoms with Crippen molar-refractivity contribution in [3.8, 4) is 0 Å². The van der Waals surface area contributed by atoms with Gasteiger partial charge in [0.1, 0.15) is 0 Å². The van der Waals surface area contributed by atoms with Gasteiger partial charge in [-0.2, -0.15) is 0 Å². The molecule has 0 amide bonds. The number of carbonyl (C=O) groups is 1. The lowest BCUT2D eigenvalue weighted by Gasteiger charge is -2.02. The van der Waals surface area contributed by atoms with Gasteiger partial charge in [-0.25, -0.2) is 9.98 Å². The Hall–Kier alpha value is -1.23. The van der Waals surface area contributed by atoms with Crippen LogP contribution in [0.2, 0.25) is 0 Å². The van der Waals surface area contributed by atoms with Gasteiger partial charge in [0.2, 0.25) is 0 Å². The largest absolute Gasteiger partial charge is 0.385 e. The first-order valence-electron chi connectivity index (χ1n) is 3.59. The molecule has 1 N–H and O–H groups in total. The number of aromatic nitrogens is 1. The van der Waals surface area contributed by atoms with E-state index in [-0.39, 0.29) is 0 Å². The molecule has 0 saturated carbocycles. The lowest BCUT2D eigenvalue weighted by molar-refractivity contribution is -0.102. The molecule has 68 valence electrons. The van der Waals surface area contributed by atoms with Crippen molar-refractivity contribution in [1.82, 2.24) is 4.98 Å². The van der Waals surface area contributed by atoms with Crippen LogP contribution in [0.1, 0.15) is 0 Å². The number of aliphatic imine (C=N–C) groups is 1. The summed E-state index contributed by atoms with van der Waals surface area (Å²) in [4.78, 5) is 17.9. The van der Waals surface area contributed by atoms with Crippen molar-refractivity contribution in [3.05, 3.63) is 16.7 Å². The molecule has 13 heavy (non-hydrogen) atoms. The van der Waals surface area contributed by atoms with Crippen LogP contribution in [0.4, 0.5) is 11.5 Å². The van der Waals surface area contributed by atoms with E-state index < -0.39 is 0 Å². The van der Waals surface area contributed by atoms with Crippen molar-refractivity contribution >= 4 is 39.9 Å². The Morgan fingerprint density at radius 3 is 3.08 bits per heavy atom. The maximum atomic E-state index is 10.0. The molecule has 0 saturated heterocycles. The molecule has 0 radical (unpaired) electrons. The van der Waals surface area contributed by atoms with Crippen molar-refractivity contribution in [3.63, 3.8) is 0 Å². The first kappa shape index (κ1) is 9.85. The van der Waals surface area contributed by atoms with Crippen molar-refractivity contribution in [2.75, 3.05) is 12.4 Å². The first-order valence-corrected chi connectivity index (χ1v) is 4.38. The predicted molar refractivity (Wildman–Crippen MR) is 55.7 cm³/mol. The number of rotatable bonds is 3. The van der Waals surface area contributed by atoms with Gasteiger partial charge in [0.05, 0.1) is 11.9 Å². The fourth-order valence-electron chi connectivity index (χ4n) is 0.820. The zero-order valence-electron chi connectivity index (χ0n) is 6.99. The molecule has 1 aromatic rings. The summed E-state index contributed by atoms with van der Waals surface area (Å²) in [5.74, 6) is 0.498. The molecule has 0 bridgehead atoms. The predicted octanol–water partition coefficient (Wildman–Crippen LogP) is 1.79. The number of hydrogen-bond acceptors (Lipinski definition) is 4. The third-order valence-electron chi connectivity index (χ3n) is 1.36. The van der Waals surface area contributed by atoms with Crippen LogP contribution in [-0.2, 0) is 4.79 Å². The Morgan fingerprint density at radius 1 is 1.69 bits per heavy atom. The van der Waals surface area contributed by atoms with Gasteiger partial charge in [0, 0.05) is 17.7 Å². The van der Waals surface area contributed by atoms with E-state index in [1.54, 1.807) is 13.2 Å². The van der Waals surface area contributed by atoms with Gasteiger partial charge in [0.25, 0.3) is 0 Å². The third-order valence-corrected chi connectivity index (χ3v) is 1.79. The summed E-state index contributed by atoms with van der Waals surface area (Å²) in [7, 11) is 1.77. The Kier molecular flexibility index (Phi) is 3.57. The van der Waals surface area contributed by atoms with Crippen LogP contribution in [0.25, 0.3) is 0 Å². The molecule has 1 rings (SSSR count). The van der Waals surface area contributed by atoms with Gasteiger partial charge in [-0.3, -0.25) is 4.79 Å². The Balaban J connectivity index is 3.05. The standard InChI is InChI=1S/C8H8BrN3O/c1-10-7-4-6(9)5-12-8(7)11-2-3-13/h2-5,10H,1H3/b11-2-. The summed E-state index contributed by atoms with van der Waals surface area (Å²) in [6.45, 7) is 0. The summed E-state index contributed by atoms with van der Waals surface area (Å²) < 4.78 is 0.863. The molecule has 0 aliphatic rings. The van der Waals surface area contributed by atoms with E-state index in [1.165, 1.54) is 0 Å². The summed E-state index contributed by atoms with van der Waals surface area (Å²) in [5, 5.41) is 2.92. The van der Waals surface area contributed by atoms with Gasteiger partial charge >= 0.3 is 0 Å². The van der Waals surface area contributed by atoms with Crippen molar-refractivity contribution in [2.24, 2.45) is 4.99 Å². The van der Waals surface area contributed by atoms with E-state index in [0.29, 0.717) is 12.1 Å². The Bertz CT molecular complexity index is 338. The van der Waals surface area contributed by atoms with Crippen LogP contribution in [0.15, 0.2) is 21.7 Å². The molecule has 4 nitrogen and oxygen atoms in total. The topological polar surface area (TPSA) is 54.4 Å². The number of carbonyl (C=O) groups excluding carboxylic acids is 1. The van der Waals surface area contributed by atoms with Crippen LogP contribution in [0, 0.1) is 0 Å². The summed E-state index contributed by atoms with van der Waals surface area (Å²) in [5.41, 5.74) is 0.771. The molecule has 1 heterocycles. The number of nitrogens with zero attached hydrogens (tertiary/aromatic N) is 2. The van der Waals surface area contributed by atoms with Crippen molar-refractivity contribution in [2.45, 2.75) is 0 Å². The molecule has 0 aromatic carbocycles. The van der Waals surface area contributed by atoms with Gasteiger partial charge in [-0.05, 0) is 22.0 Å². The highest BCUT2D eigenvalue weighted by molar-refractivity contribution is 9.10. The normalized spacial score (nSPS) is 10.3. The van der Waals surface area contributed by atoms with Gasteiger partial charge in [0.15, 0.2) is 12.1 Å². The number of anilines is 1. The van der Waals surface area contributed by atoms with Crippen LogP contribution in [0.3, 0.4) is 0 Å². The van der Waals surface area contributed by atoms with E-state index in [1.807, 2.05) is 6.07 Å². The van der Waals surface area contributed by atoms with Crippen molar-refractivity contribution < 1.29 is 4.79 Å². The number of halogens is 1. The van der Waals surface area contributed by atoms with Gasteiger partial charge in [-0.1, -0.05) is 0 Å². The minimum absolute atomic E-state index is 0.498. The zero-order chi connectivity index (χ0) is 9.68. The van der Waals surface area contributed by atoms with Gasteiger partial charge in [-0.15, -0.1) is 0 Å². The maximum Gasteiger partial charge on any atom is 0.175 e. The second kappa shape index (κ2) is 4.71. The Labute approximate surface area is 84.2 Å². The van der Waals surface area contributed by atoms with Crippen LogP contribution in [-0.4, -0.2) is 24.5 Å². The SMILES string of the molecule is CNc1cc(Br)cnc1/N=C\C=O. The fourth-order valence-corrected chi connectivity index (χ4v) is 1.15. The quantitative estimate of drug-likeness (QED) is 0.649. The molecular weight excluding hydrogens is 234 g/mol. The number of nitrogens with one attached hydrogen (secondary N) is 1. The molecule has 1 aromatic heterocycles. The number of hydrogen-bond donors (Lipinski definition) is 1. The van der Waals surface area contributed by atoms with Gasteiger partial charge < -0.3 is 5.32 Å². The highest BCUT2D eigenvalue weighted by Gasteiger charge is 1.99. The van der Waals surface area contributed by atoms with Crippen LogP contribution < -0.4 is 5.32 Å². The monoisotopic (exact) mass is 241 g/mol. The van der Waals surface area contributed by atoms with Crippen LogP contribution >= 0.6 is 15.9 Å². The fraction of sp³-hybridized carbons (Fsp3) is 0.125. The summed E-state index contributed by atoms with van der Waals surface area (Å²) in [6, 6.07) is 1.84. The number of pyridine rings is 1. The highest BCUT2D eigenvalue weighted by atomic mass is 79.9. The zero-order valence-corrected chi connectivity index (χ0v) is 8.58. The minimum atomic E-state index is 0.498. The summed E-state index contributed by atoms with van der Waals surface area (Å²) in [6.07, 6.45) is 3.40. The van der Waals surface area contributed by atoms with E-state index in [4.69, 9.17) is 0 Å². The molecule has 0 aliphatic carbocycles. The average molecular weight is 242 g/mol. The maximum absolute atomic E-state index is 10.0. The van der Waals surface area contributed by atoms with E-state index in [0.717, 1.165) is 16.4 Å². The molecule has 5 heteroatoms. The molecule has 0 fully saturated rings. The van der Waals surface area contributed by atoms with E-state index in [9.17, 15) is 4.79 Å². The first-order chi connectivity index (χ1) is 6.27. The second-order valence-corrected chi connectivity index (χ2v) is 3.10. The van der Waals surface area contributed by atoms with Crippen molar-refractivity contribution in [1.29, 1.82) is 0 Å². The Morgan fingerprint density at radius 2 is 2.46 bits per heavy atom. The third kappa shape index (κ3) is 2.62. The molecular formula is C8H8BrN3O. The lowest BCUT2D eigenvalue weighted by Crippen LogP contribution is -1.90. The smallest absolute Gasteiger partial charge is 0.175 e. The highest BCUT2D eigenvalue weighted by Crippen LogP contribution is 2.24. The molecule has 0 unspecified atom stereocenters. The van der Waals surface area contributed by atoms with E-state index >= 15 is 0 Å². The molecule has 0 spiro atoms.